The molecule has 2 aliphatic rings. The van der Waals surface area contributed by atoms with E-state index in [1.807, 2.05) is 0 Å². The van der Waals surface area contributed by atoms with E-state index >= 15 is 0 Å². The highest BCUT2D eigenvalue weighted by Gasteiger charge is 2.50. The Bertz CT molecular complexity index is 555. The second-order valence-electron chi connectivity index (χ2n) is 8.54. The number of hydrogen-bond acceptors (Lipinski definition) is 1. The fraction of sp³-hybridized carbons (Fsp3) is 0.700. The first-order valence-electron chi connectivity index (χ1n) is 8.62. The molecule has 0 amide bonds. The summed E-state index contributed by atoms with van der Waals surface area (Å²) in [6, 6.07) is 4.51. The molecule has 1 aromatic rings. The van der Waals surface area contributed by atoms with Gasteiger partial charge in [0.25, 0.3) is 0 Å². The summed E-state index contributed by atoms with van der Waals surface area (Å²) in [6.07, 6.45) is 6.20. The normalized spacial score (nSPS) is 30.9. The van der Waals surface area contributed by atoms with Crippen LogP contribution in [-0.4, -0.2) is 5.11 Å². The third-order valence-corrected chi connectivity index (χ3v) is 6.46. The minimum atomic E-state index is 0.252. The summed E-state index contributed by atoms with van der Waals surface area (Å²) < 4.78 is 0. The van der Waals surface area contributed by atoms with Crippen molar-refractivity contribution in [2.24, 2.45) is 11.3 Å². The molecule has 1 nitrogen and oxygen atoms in total. The molecule has 0 heterocycles. The Morgan fingerprint density at radius 2 is 1.86 bits per heavy atom. The summed E-state index contributed by atoms with van der Waals surface area (Å²) >= 11 is 0. The van der Waals surface area contributed by atoms with Crippen LogP contribution in [0.2, 0.25) is 0 Å². The maximum Gasteiger partial charge on any atom is 0.122 e. The standard InChI is InChI=1S/C20H30O/c1-13(2)14-7-9-16-15(18(14)21)8-10-17-19(3,4)11-6-12-20(16,17)5/h7,9,13,17,21H,6,8,10-12H2,1-5H3/t17-,20+/m1/s1. The second-order valence-corrected chi connectivity index (χ2v) is 8.54. The Morgan fingerprint density at radius 1 is 1.14 bits per heavy atom. The first kappa shape index (κ1) is 14.9. The van der Waals surface area contributed by atoms with Gasteiger partial charge in [-0.25, -0.2) is 0 Å². The SMILES string of the molecule is CC(C)c1ccc2c(c1O)CC[C@@H]1C(C)(C)CCC[C@@]21C. The number of aromatic hydroxyl groups is 1. The zero-order chi connectivity index (χ0) is 15.4. The zero-order valence-corrected chi connectivity index (χ0v) is 14.3. The van der Waals surface area contributed by atoms with Crippen LogP contribution in [0.5, 0.6) is 5.75 Å². The van der Waals surface area contributed by atoms with Gasteiger partial charge in [0, 0.05) is 0 Å². The van der Waals surface area contributed by atoms with Gasteiger partial charge in [0.05, 0.1) is 0 Å². The lowest BCUT2D eigenvalue weighted by Crippen LogP contribution is -2.47. The van der Waals surface area contributed by atoms with E-state index in [9.17, 15) is 5.11 Å². The van der Waals surface area contributed by atoms with Crippen molar-refractivity contribution in [2.45, 2.75) is 78.1 Å². The Hall–Kier alpha value is -0.980. The number of rotatable bonds is 1. The second kappa shape index (κ2) is 4.76. The molecule has 2 aliphatic carbocycles. The highest BCUT2D eigenvalue weighted by atomic mass is 16.3. The van der Waals surface area contributed by atoms with Crippen LogP contribution >= 0.6 is 0 Å². The van der Waals surface area contributed by atoms with Crippen LogP contribution in [0, 0.1) is 11.3 Å². The summed E-state index contributed by atoms with van der Waals surface area (Å²) in [4.78, 5) is 0. The van der Waals surface area contributed by atoms with Crippen molar-refractivity contribution in [3.05, 3.63) is 28.8 Å². The Labute approximate surface area is 129 Å². The third kappa shape index (κ3) is 2.12. The summed E-state index contributed by atoms with van der Waals surface area (Å²) in [5, 5.41) is 10.7. The van der Waals surface area contributed by atoms with E-state index in [1.165, 1.54) is 36.8 Å². The average Bonchev–Trinajstić information content (AvgIpc) is 2.38. The van der Waals surface area contributed by atoms with Crippen LogP contribution < -0.4 is 0 Å². The number of fused-ring (bicyclic) bond motifs is 3. The van der Waals surface area contributed by atoms with Crippen LogP contribution in [0.15, 0.2) is 12.1 Å². The van der Waals surface area contributed by atoms with Gasteiger partial charge in [-0.05, 0) is 65.0 Å². The topological polar surface area (TPSA) is 20.2 Å². The van der Waals surface area contributed by atoms with Crippen LogP contribution in [0.1, 0.15) is 82.9 Å². The van der Waals surface area contributed by atoms with Gasteiger partial charge < -0.3 is 5.11 Å². The Kier molecular flexibility index (Phi) is 3.39. The first-order valence-corrected chi connectivity index (χ1v) is 8.62. The molecule has 0 saturated heterocycles. The molecule has 0 aromatic heterocycles. The molecule has 2 atom stereocenters. The van der Waals surface area contributed by atoms with Crippen LogP contribution in [-0.2, 0) is 11.8 Å². The van der Waals surface area contributed by atoms with Gasteiger partial charge in [0.2, 0.25) is 0 Å². The molecule has 0 bridgehead atoms. The van der Waals surface area contributed by atoms with Crippen LogP contribution in [0.25, 0.3) is 0 Å². The molecule has 116 valence electrons. The monoisotopic (exact) mass is 286 g/mol. The lowest BCUT2D eigenvalue weighted by atomic mass is 9.50. The summed E-state index contributed by atoms with van der Waals surface area (Å²) in [6.45, 7) is 11.7. The van der Waals surface area contributed by atoms with Crippen molar-refractivity contribution in [1.29, 1.82) is 0 Å². The van der Waals surface area contributed by atoms with E-state index in [1.54, 1.807) is 0 Å². The molecule has 1 aromatic carbocycles. The predicted molar refractivity (Wildman–Crippen MR) is 89.0 cm³/mol. The van der Waals surface area contributed by atoms with Gasteiger partial charge in [-0.2, -0.15) is 0 Å². The maximum absolute atomic E-state index is 10.7. The van der Waals surface area contributed by atoms with Crippen molar-refractivity contribution >= 4 is 0 Å². The quantitative estimate of drug-likeness (QED) is 0.718. The van der Waals surface area contributed by atoms with Crippen molar-refractivity contribution in [3.63, 3.8) is 0 Å². The van der Waals surface area contributed by atoms with Crippen molar-refractivity contribution in [3.8, 4) is 5.75 Å². The molecule has 1 saturated carbocycles. The van der Waals surface area contributed by atoms with Gasteiger partial charge >= 0.3 is 0 Å². The highest BCUT2D eigenvalue weighted by Crippen LogP contribution is 2.58. The van der Waals surface area contributed by atoms with Gasteiger partial charge in [0.1, 0.15) is 5.75 Å². The largest absolute Gasteiger partial charge is 0.507 e. The summed E-state index contributed by atoms with van der Waals surface area (Å²) in [5.74, 6) is 1.73. The lowest BCUT2D eigenvalue weighted by molar-refractivity contribution is 0.0402. The summed E-state index contributed by atoms with van der Waals surface area (Å²) in [7, 11) is 0. The number of benzene rings is 1. The Balaban J connectivity index is 2.13. The fourth-order valence-corrected chi connectivity index (χ4v) is 5.35. The minimum absolute atomic E-state index is 0.252. The van der Waals surface area contributed by atoms with E-state index in [0.29, 0.717) is 17.1 Å². The molecule has 0 aliphatic heterocycles. The molecule has 1 N–H and O–H groups in total. The summed E-state index contributed by atoms with van der Waals surface area (Å²) in [5.41, 5.74) is 4.48. The molecule has 0 unspecified atom stereocenters. The van der Waals surface area contributed by atoms with Gasteiger partial charge in [0.15, 0.2) is 0 Å². The zero-order valence-electron chi connectivity index (χ0n) is 14.3. The predicted octanol–water partition coefficient (Wildman–Crippen LogP) is 5.55. The number of phenols is 1. The van der Waals surface area contributed by atoms with Crippen molar-refractivity contribution in [1.82, 2.24) is 0 Å². The molecule has 3 rings (SSSR count). The Morgan fingerprint density at radius 3 is 2.52 bits per heavy atom. The van der Waals surface area contributed by atoms with E-state index in [0.717, 1.165) is 17.9 Å². The third-order valence-electron chi connectivity index (χ3n) is 6.46. The van der Waals surface area contributed by atoms with Gasteiger partial charge in [-0.1, -0.05) is 53.2 Å². The van der Waals surface area contributed by atoms with Gasteiger partial charge in [-0.3, -0.25) is 0 Å². The maximum atomic E-state index is 10.7. The first-order chi connectivity index (χ1) is 9.77. The molecular formula is C20H30O. The van der Waals surface area contributed by atoms with Crippen LogP contribution in [0.3, 0.4) is 0 Å². The molecule has 1 heteroatoms. The van der Waals surface area contributed by atoms with E-state index < -0.39 is 0 Å². The smallest absolute Gasteiger partial charge is 0.122 e. The lowest BCUT2D eigenvalue weighted by Gasteiger charge is -2.54. The average molecular weight is 286 g/mol. The molecule has 1 fully saturated rings. The molecule has 0 radical (unpaired) electrons. The highest BCUT2D eigenvalue weighted by molar-refractivity contribution is 5.51. The van der Waals surface area contributed by atoms with E-state index in [2.05, 4.69) is 46.8 Å². The van der Waals surface area contributed by atoms with Gasteiger partial charge in [-0.15, -0.1) is 0 Å². The van der Waals surface area contributed by atoms with E-state index in [4.69, 9.17) is 0 Å². The molecule has 0 spiro atoms. The molecular weight excluding hydrogens is 256 g/mol. The van der Waals surface area contributed by atoms with Crippen molar-refractivity contribution in [2.75, 3.05) is 0 Å². The van der Waals surface area contributed by atoms with E-state index in [-0.39, 0.29) is 5.41 Å². The fourth-order valence-electron chi connectivity index (χ4n) is 5.35. The number of phenolic OH excluding ortho intramolecular Hbond substituents is 1. The van der Waals surface area contributed by atoms with Crippen LogP contribution in [0.4, 0.5) is 0 Å². The van der Waals surface area contributed by atoms with Crippen molar-refractivity contribution < 1.29 is 5.11 Å². The number of hydrogen-bond donors (Lipinski definition) is 1. The molecule has 21 heavy (non-hydrogen) atoms. The minimum Gasteiger partial charge on any atom is -0.507 e.